The molecule has 20 heavy (non-hydrogen) atoms. The van der Waals surface area contributed by atoms with Gasteiger partial charge in [-0.25, -0.2) is 4.39 Å². The van der Waals surface area contributed by atoms with Gasteiger partial charge in [-0.3, -0.25) is 9.59 Å². The van der Waals surface area contributed by atoms with Crippen LogP contribution in [0.25, 0.3) is 0 Å². The highest BCUT2D eigenvalue weighted by Gasteiger charge is 2.16. The Hall–Kier alpha value is -1.66. The second-order valence-corrected chi connectivity index (χ2v) is 4.76. The number of hydrogen-bond donors (Lipinski definition) is 3. The van der Waals surface area contributed by atoms with Crippen LogP contribution in [0.2, 0.25) is 5.02 Å². The second kappa shape index (κ2) is 7.21. The van der Waals surface area contributed by atoms with E-state index in [0.29, 0.717) is 5.56 Å². The van der Waals surface area contributed by atoms with Crippen LogP contribution in [0.4, 0.5) is 4.39 Å². The van der Waals surface area contributed by atoms with Crippen LogP contribution in [0.3, 0.4) is 0 Å². The molecule has 0 heterocycles. The monoisotopic (exact) mass is 302 g/mol. The molecule has 0 saturated heterocycles. The highest BCUT2D eigenvalue weighted by Crippen LogP contribution is 2.19. The molecule has 0 aliphatic heterocycles. The Kier molecular flexibility index (Phi) is 5.91. The third kappa shape index (κ3) is 4.79. The summed E-state index contributed by atoms with van der Waals surface area (Å²) in [6.45, 7) is 2.73. The zero-order valence-corrected chi connectivity index (χ0v) is 11.9. The molecule has 0 fully saturated rings. The van der Waals surface area contributed by atoms with Crippen molar-refractivity contribution >= 4 is 23.4 Å². The highest BCUT2D eigenvalue weighted by atomic mass is 35.5. The van der Waals surface area contributed by atoms with Gasteiger partial charge in [-0.15, -0.1) is 0 Å². The summed E-state index contributed by atoms with van der Waals surface area (Å²) in [6.07, 6.45) is -1.06. The molecule has 0 radical (unpaired) electrons. The van der Waals surface area contributed by atoms with Gasteiger partial charge in [0.1, 0.15) is 11.9 Å². The fourth-order valence-corrected chi connectivity index (χ4v) is 1.68. The lowest BCUT2D eigenvalue weighted by molar-refractivity contribution is -0.127. The molecule has 5 nitrogen and oxygen atoms in total. The minimum Gasteiger partial charge on any atom is -0.387 e. The first-order valence-electron chi connectivity index (χ1n) is 5.99. The van der Waals surface area contributed by atoms with Crippen LogP contribution < -0.4 is 10.6 Å². The van der Waals surface area contributed by atoms with E-state index >= 15 is 0 Å². The Labute approximate surface area is 121 Å². The van der Waals surface area contributed by atoms with Gasteiger partial charge in [0.05, 0.1) is 11.1 Å². The topological polar surface area (TPSA) is 78.4 Å². The molecule has 0 bridgehead atoms. The maximum absolute atomic E-state index is 13.2. The molecule has 2 amide bonds. The molecule has 0 aliphatic carbocycles. The Bertz CT molecular complexity index is 510. The molecule has 1 aromatic carbocycles. The zero-order valence-electron chi connectivity index (χ0n) is 11.1. The minimum absolute atomic E-state index is 0.0377. The standard InChI is InChI=1S/C13H16ClFN2O3/c1-7(17-8(2)18)13(20)16-6-12(19)9-3-4-10(14)11(15)5-9/h3-5,7,12,19H,6H2,1-2H3,(H,16,20)(H,17,18). The molecule has 0 aliphatic rings. The fraction of sp³-hybridized carbons (Fsp3) is 0.385. The van der Waals surface area contributed by atoms with Gasteiger partial charge in [-0.05, 0) is 24.6 Å². The van der Waals surface area contributed by atoms with Gasteiger partial charge in [-0.2, -0.15) is 0 Å². The van der Waals surface area contributed by atoms with E-state index in [1.54, 1.807) is 0 Å². The Morgan fingerprint density at radius 2 is 2.10 bits per heavy atom. The van der Waals surface area contributed by atoms with Gasteiger partial charge in [0.2, 0.25) is 11.8 Å². The van der Waals surface area contributed by atoms with Crippen molar-refractivity contribution in [2.45, 2.75) is 26.0 Å². The molecule has 3 N–H and O–H groups in total. The maximum atomic E-state index is 13.2. The van der Waals surface area contributed by atoms with Crippen molar-refractivity contribution in [3.63, 3.8) is 0 Å². The van der Waals surface area contributed by atoms with Crippen LogP contribution in [-0.2, 0) is 9.59 Å². The molecule has 1 aromatic rings. The Balaban J connectivity index is 2.54. The molecular formula is C13H16ClFN2O3. The number of rotatable bonds is 5. The molecule has 7 heteroatoms. The average Bonchev–Trinajstić information content (AvgIpc) is 2.37. The van der Waals surface area contributed by atoms with Crippen LogP contribution in [0.15, 0.2) is 18.2 Å². The third-order valence-corrected chi connectivity index (χ3v) is 2.92. The van der Waals surface area contributed by atoms with E-state index in [9.17, 15) is 19.1 Å². The summed E-state index contributed by atoms with van der Waals surface area (Å²) >= 11 is 5.54. The number of amides is 2. The first-order chi connectivity index (χ1) is 9.31. The van der Waals surface area contributed by atoms with Crippen molar-refractivity contribution in [2.75, 3.05) is 6.54 Å². The lowest BCUT2D eigenvalue weighted by Gasteiger charge is -2.16. The van der Waals surface area contributed by atoms with Crippen molar-refractivity contribution in [1.82, 2.24) is 10.6 Å². The van der Waals surface area contributed by atoms with Gasteiger partial charge in [-0.1, -0.05) is 17.7 Å². The number of benzene rings is 1. The van der Waals surface area contributed by atoms with Crippen molar-refractivity contribution in [1.29, 1.82) is 0 Å². The largest absolute Gasteiger partial charge is 0.387 e. The number of nitrogens with one attached hydrogen (secondary N) is 2. The van der Waals surface area contributed by atoms with E-state index in [-0.39, 0.29) is 17.5 Å². The summed E-state index contributed by atoms with van der Waals surface area (Å²) in [5.74, 6) is -1.40. The summed E-state index contributed by atoms with van der Waals surface area (Å²) < 4.78 is 13.2. The minimum atomic E-state index is -1.06. The van der Waals surface area contributed by atoms with Crippen molar-refractivity contribution in [3.05, 3.63) is 34.6 Å². The van der Waals surface area contributed by atoms with Crippen LogP contribution in [-0.4, -0.2) is 29.5 Å². The maximum Gasteiger partial charge on any atom is 0.242 e. The number of halogens is 2. The van der Waals surface area contributed by atoms with Crippen LogP contribution >= 0.6 is 11.6 Å². The average molecular weight is 303 g/mol. The molecule has 110 valence electrons. The normalized spacial score (nSPS) is 13.4. The molecule has 1 rings (SSSR count). The predicted molar refractivity (Wildman–Crippen MR) is 72.7 cm³/mol. The van der Waals surface area contributed by atoms with Gasteiger partial charge in [0.25, 0.3) is 0 Å². The van der Waals surface area contributed by atoms with E-state index < -0.39 is 23.9 Å². The highest BCUT2D eigenvalue weighted by molar-refractivity contribution is 6.30. The quantitative estimate of drug-likeness (QED) is 0.763. The zero-order chi connectivity index (χ0) is 15.3. The van der Waals surface area contributed by atoms with Crippen LogP contribution in [0, 0.1) is 5.82 Å². The molecule has 0 spiro atoms. The van der Waals surface area contributed by atoms with E-state index in [1.165, 1.54) is 26.0 Å². The number of carbonyl (C=O) groups excluding carboxylic acids is 2. The lowest BCUT2D eigenvalue weighted by Crippen LogP contribution is -2.45. The van der Waals surface area contributed by atoms with E-state index in [0.717, 1.165) is 6.07 Å². The summed E-state index contributed by atoms with van der Waals surface area (Å²) in [5, 5.41) is 14.7. The van der Waals surface area contributed by atoms with Gasteiger partial charge in [0, 0.05) is 13.5 Å². The summed E-state index contributed by atoms with van der Waals surface area (Å²) in [4.78, 5) is 22.4. The predicted octanol–water partition coefficient (Wildman–Crippen LogP) is 1.15. The molecule has 0 aromatic heterocycles. The Morgan fingerprint density at radius 3 is 2.65 bits per heavy atom. The lowest BCUT2D eigenvalue weighted by atomic mass is 10.1. The first kappa shape index (κ1) is 16.4. The number of hydrogen-bond acceptors (Lipinski definition) is 3. The first-order valence-corrected chi connectivity index (χ1v) is 6.37. The second-order valence-electron chi connectivity index (χ2n) is 4.36. The molecular weight excluding hydrogens is 287 g/mol. The number of carbonyl (C=O) groups is 2. The molecule has 2 atom stereocenters. The van der Waals surface area contributed by atoms with E-state index in [1.807, 2.05) is 0 Å². The SMILES string of the molecule is CC(=O)NC(C)C(=O)NCC(O)c1ccc(Cl)c(F)c1. The van der Waals surface area contributed by atoms with E-state index in [4.69, 9.17) is 11.6 Å². The Morgan fingerprint density at radius 1 is 1.45 bits per heavy atom. The number of aliphatic hydroxyl groups excluding tert-OH is 1. The van der Waals surface area contributed by atoms with Gasteiger partial charge >= 0.3 is 0 Å². The smallest absolute Gasteiger partial charge is 0.242 e. The number of aliphatic hydroxyl groups is 1. The van der Waals surface area contributed by atoms with Crippen molar-refractivity contribution in [2.24, 2.45) is 0 Å². The summed E-state index contributed by atoms with van der Waals surface area (Å²) in [7, 11) is 0. The summed E-state index contributed by atoms with van der Waals surface area (Å²) in [5.41, 5.74) is 0.305. The van der Waals surface area contributed by atoms with Crippen molar-refractivity contribution in [3.8, 4) is 0 Å². The molecule has 0 saturated carbocycles. The van der Waals surface area contributed by atoms with Crippen LogP contribution in [0.1, 0.15) is 25.5 Å². The van der Waals surface area contributed by atoms with Crippen LogP contribution in [0.5, 0.6) is 0 Å². The molecule has 2 unspecified atom stereocenters. The fourth-order valence-electron chi connectivity index (χ4n) is 1.56. The van der Waals surface area contributed by atoms with E-state index in [2.05, 4.69) is 10.6 Å². The summed E-state index contributed by atoms with van der Waals surface area (Å²) in [6, 6.07) is 3.20. The van der Waals surface area contributed by atoms with Gasteiger partial charge < -0.3 is 15.7 Å². The third-order valence-electron chi connectivity index (χ3n) is 2.61. The van der Waals surface area contributed by atoms with Crippen molar-refractivity contribution < 1.29 is 19.1 Å². The van der Waals surface area contributed by atoms with Gasteiger partial charge in [0.15, 0.2) is 0 Å².